The third-order valence-corrected chi connectivity index (χ3v) is 6.14. The van der Waals surface area contributed by atoms with E-state index in [9.17, 15) is 4.79 Å². The van der Waals surface area contributed by atoms with Crippen LogP contribution in [0.4, 0.5) is 17.5 Å². The van der Waals surface area contributed by atoms with E-state index in [4.69, 9.17) is 4.74 Å². The number of aryl methyl sites for hydroxylation is 2. The Balaban J connectivity index is 1.19. The number of rotatable bonds is 7. The minimum Gasteiger partial charge on any atom is -0.481 e. The number of carbonyl (C=O) groups excluding carboxylic acids is 1. The summed E-state index contributed by atoms with van der Waals surface area (Å²) < 4.78 is 5.08. The van der Waals surface area contributed by atoms with Gasteiger partial charge in [-0.05, 0) is 31.5 Å². The first-order valence-corrected chi connectivity index (χ1v) is 12.1. The Morgan fingerprint density at radius 2 is 1.84 bits per heavy atom. The molecule has 2 N–H and O–H groups in total. The highest BCUT2D eigenvalue weighted by molar-refractivity contribution is 5.79. The molecular formula is C26H29N9O2. The molecule has 0 bridgehead atoms. The quantitative estimate of drug-likeness (QED) is 0.395. The Bertz CT molecular complexity index is 1360. The van der Waals surface area contributed by atoms with Crippen LogP contribution in [0, 0.1) is 13.8 Å². The maximum atomic E-state index is 12.7. The molecule has 190 valence electrons. The summed E-state index contributed by atoms with van der Waals surface area (Å²) in [4.78, 5) is 34.9. The molecule has 0 unspecified atom stereocenters. The summed E-state index contributed by atoms with van der Waals surface area (Å²) in [7, 11) is 1.57. The molecule has 37 heavy (non-hydrogen) atoms. The molecule has 0 spiro atoms. The van der Waals surface area contributed by atoms with Crippen molar-refractivity contribution in [3.05, 3.63) is 65.7 Å². The molecule has 1 saturated heterocycles. The minimum absolute atomic E-state index is 0.0981. The van der Waals surface area contributed by atoms with Crippen molar-refractivity contribution in [2.24, 2.45) is 0 Å². The number of hydrogen-bond acceptors (Lipinski definition) is 9. The van der Waals surface area contributed by atoms with Crippen LogP contribution >= 0.6 is 0 Å². The number of amides is 1. The van der Waals surface area contributed by atoms with Crippen LogP contribution in [-0.2, 0) is 11.2 Å². The molecule has 1 aliphatic rings. The van der Waals surface area contributed by atoms with Gasteiger partial charge in [0.05, 0.1) is 13.5 Å². The van der Waals surface area contributed by atoms with E-state index in [1.165, 1.54) is 0 Å². The van der Waals surface area contributed by atoms with Crippen molar-refractivity contribution in [2.45, 2.75) is 20.3 Å². The normalized spacial score (nSPS) is 13.5. The van der Waals surface area contributed by atoms with E-state index in [-0.39, 0.29) is 5.91 Å². The van der Waals surface area contributed by atoms with Crippen LogP contribution in [0.25, 0.3) is 11.4 Å². The fourth-order valence-corrected chi connectivity index (χ4v) is 4.19. The van der Waals surface area contributed by atoms with Crippen LogP contribution in [0.3, 0.4) is 0 Å². The van der Waals surface area contributed by atoms with Gasteiger partial charge < -0.3 is 19.9 Å². The fraction of sp³-hybridized carbons (Fsp3) is 0.308. The summed E-state index contributed by atoms with van der Waals surface area (Å²) in [5.41, 5.74) is 3.51. The first kappa shape index (κ1) is 24.2. The Morgan fingerprint density at radius 3 is 2.49 bits per heavy atom. The largest absolute Gasteiger partial charge is 0.481 e. The zero-order valence-electron chi connectivity index (χ0n) is 21.1. The van der Waals surface area contributed by atoms with Gasteiger partial charge in [0.2, 0.25) is 11.8 Å². The molecule has 5 rings (SSSR count). The highest BCUT2D eigenvalue weighted by Gasteiger charge is 2.22. The fourth-order valence-electron chi connectivity index (χ4n) is 4.19. The number of nitrogens with zero attached hydrogens (tertiary/aromatic N) is 7. The molecule has 11 heteroatoms. The molecule has 0 saturated carbocycles. The van der Waals surface area contributed by atoms with E-state index >= 15 is 0 Å². The summed E-state index contributed by atoms with van der Waals surface area (Å²) in [6, 6.07) is 11.4. The van der Waals surface area contributed by atoms with Crippen LogP contribution in [0.15, 0.2) is 48.8 Å². The molecule has 0 aliphatic carbocycles. The number of carbonyl (C=O) groups is 1. The summed E-state index contributed by atoms with van der Waals surface area (Å²) in [6.07, 6.45) is 3.81. The van der Waals surface area contributed by atoms with Gasteiger partial charge in [-0.15, -0.1) is 0 Å². The second kappa shape index (κ2) is 10.6. The van der Waals surface area contributed by atoms with Crippen molar-refractivity contribution in [3.63, 3.8) is 0 Å². The van der Waals surface area contributed by atoms with Crippen LogP contribution in [-0.4, -0.2) is 74.2 Å². The van der Waals surface area contributed by atoms with E-state index in [1.54, 1.807) is 25.6 Å². The van der Waals surface area contributed by atoms with E-state index in [2.05, 4.69) is 40.3 Å². The highest BCUT2D eigenvalue weighted by atomic mass is 16.5. The van der Waals surface area contributed by atoms with Gasteiger partial charge in [-0.3, -0.25) is 9.89 Å². The second-order valence-corrected chi connectivity index (χ2v) is 8.94. The number of nitrogens with one attached hydrogen (secondary N) is 2. The zero-order valence-corrected chi connectivity index (χ0v) is 21.1. The summed E-state index contributed by atoms with van der Waals surface area (Å²) in [5, 5.41) is 10.3. The number of methoxy groups -OCH3 is 1. The summed E-state index contributed by atoms with van der Waals surface area (Å²) in [6.45, 7) is 6.61. The van der Waals surface area contributed by atoms with Crippen molar-refractivity contribution < 1.29 is 9.53 Å². The maximum absolute atomic E-state index is 12.7. The van der Waals surface area contributed by atoms with E-state index < -0.39 is 0 Å². The second-order valence-electron chi connectivity index (χ2n) is 8.94. The smallest absolute Gasteiger partial charge is 0.227 e. The van der Waals surface area contributed by atoms with Gasteiger partial charge in [0.25, 0.3) is 0 Å². The van der Waals surface area contributed by atoms with Gasteiger partial charge in [-0.2, -0.15) is 5.10 Å². The lowest BCUT2D eigenvalue weighted by Gasteiger charge is -2.35. The monoisotopic (exact) mass is 499 g/mol. The third kappa shape index (κ3) is 5.83. The third-order valence-electron chi connectivity index (χ3n) is 6.14. The number of aromatic amines is 1. The molecule has 0 atom stereocenters. The standard InChI is InChI=1S/C26H29N9O2/c1-17-12-21(30-22-13-18(2)32-33-22)31-26(29-17)20-5-6-23(27-16-20)34-8-10-35(11-9-34)25(36)14-19-4-7-24(37-3)28-15-19/h4-7,12-13,15-16H,8-11,14H2,1-3H3,(H2,29,30,31,32,33). The Morgan fingerprint density at radius 1 is 1.00 bits per heavy atom. The highest BCUT2D eigenvalue weighted by Crippen LogP contribution is 2.22. The van der Waals surface area contributed by atoms with E-state index in [0.717, 1.165) is 41.4 Å². The number of H-pyrrole nitrogens is 1. The SMILES string of the molecule is COc1ccc(CC(=O)N2CCN(c3ccc(-c4nc(C)cc(Nc5cc(C)[nH]n5)n4)cn3)CC2)cn1. The number of aromatic nitrogens is 6. The Kier molecular flexibility index (Phi) is 6.93. The van der Waals surface area contributed by atoms with Crippen LogP contribution in [0.2, 0.25) is 0 Å². The topological polar surface area (TPSA) is 125 Å². The molecule has 4 aromatic rings. The minimum atomic E-state index is 0.0981. The first-order valence-electron chi connectivity index (χ1n) is 12.1. The molecular weight excluding hydrogens is 470 g/mol. The molecule has 5 heterocycles. The predicted molar refractivity (Wildman–Crippen MR) is 140 cm³/mol. The number of anilines is 3. The van der Waals surface area contributed by atoms with Crippen molar-refractivity contribution >= 4 is 23.4 Å². The average molecular weight is 500 g/mol. The van der Waals surface area contributed by atoms with Gasteiger partial charge in [-0.25, -0.2) is 19.9 Å². The Hall–Kier alpha value is -4.54. The van der Waals surface area contributed by atoms with Crippen LogP contribution < -0.4 is 15.0 Å². The maximum Gasteiger partial charge on any atom is 0.227 e. The van der Waals surface area contributed by atoms with Gasteiger partial charge in [0.15, 0.2) is 11.6 Å². The average Bonchev–Trinajstić information content (AvgIpc) is 3.33. The van der Waals surface area contributed by atoms with Crippen molar-refractivity contribution in [2.75, 3.05) is 43.5 Å². The van der Waals surface area contributed by atoms with Crippen LogP contribution in [0.5, 0.6) is 5.88 Å². The molecule has 1 amide bonds. The number of hydrogen-bond donors (Lipinski definition) is 2. The first-order chi connectivity index (χ1) is 18.0. The van der Waals surface area contributed by atoms with Crippen LogP contribution in [0.1, 0.15) is 17.0 Å². The lowest BCUT2D eigenvalue weighted by molar-refractivity contribution is -0.130. The van der Waals surface area contributed by atoms with Gasteiger partial charge in [0.1, 0.15) is 11.6 Å². The van der Waals surface area contributed by atoms with Gasteiger partial charge in [0, 0.05) is 73.7 Å². The molecule has 11 nitrogen and oxygen atoms in total. The summed E-state index contributed by atoms with van der Waals surface area (Å²) in [5.74, 6) is 3.47. The predicted octanol–water partition coefficient (Wildman–Crippen LogP) is 2.92. The summed E-state index contributed by atoms with van der Waals surface area (Å²) >= 11 is 0. The van der Waals surface area contributed by atoms with Crippen molar-refractivity contribution in [3.8, 4) is 17.3 Å². The van der Waals surface area contributed by atoms with Gasteiger partial charge >= 0.3 is 0 Å². The number of pyridine rings is 2. The number of ether oxygens (including phenoxy) is 1. The van der Waals surface area contributed by atoms with Crippen molar-refractivity contribution in [1.82, 2.24) is 35.0 Å². The molecule has 0 radical (unpaired) electrons. The molecule has 1 fully saturated rings. The van der Waals surface area contributed by atoms with Crippen molar-refractivity contribution in [1.29, 1.82) is 0 Å². The lowest BCUT2D eigenvalue weighted by atomic mass is 10.2. The molecule has 4 aromatic heterocycles. The zero-order chi connectivity index (χ0) is 25.8. The Labute approximate surface area is 215 Å². The molecule has 1 aliphatic heterocycles. The lowest BCUT2D eigenvalue weighted by Crippen LogP contribution is -2.49. The molecule has 0 aromatic carbocycles. The van der Waals surface area contributed by atoms with Gasteiger partial charge in [-0.1, -0.05) is 6.07 Å². The van der Waals surface area contributed by atoms with E-state index in [1.807, 2.05) is 49.1 Å². The number of piperazine rings is 1. The van der Waals surface area contributed by atoms with E-state index in [0.29, 0.717) is 42.9 Å².